The zero-order chi connectivity index (χ0) is 46.7. The predicted molar refractivity (Wildman–Crippen MR) is 298 cm³/mol. The van der Waals surface area contributed by atoms with Crippen molar-refractivity contribution >= 4 is 102 Å². The average molecular weight is 1010 g/mol. The van der Waals surface area contributed by atoms with E-state index < -0.39 is 20.8 Å². The van der Waals surface area contributed by atoms with Crippen molar-refractivity contribution in [2.24, 2.45) is 0 Å². The Morgan fingerprint density at radius 2 is 0.691 bits per heavy atom. The molecule has 2 radical (unpaired) electrons. The second kappa shape index (κ2) is 23.0. The van der Waals surface area contributed by atoms with Crippen molar-refractivity contribution in [3.05, 3.63) is 242 Å². The molecule has 0 bridgehead atoms. The van der Waals surface area contributed by atoms with Gasteiger partial charge in [-0.2, -0.15) is 12.1 Å². The number of benzene rings is 10. The number of hydrogen-bond donors (Lipinski definition) is 0. The minimum absolute atomic E-state index is 0.777. The SMILES string of the molecule is CCCc1cc2c(-c3c4ccccc4cc4ccccc34)cccc2[cH-]1.CCCc1cc2c(-c3c4ccccc4cc4ccccc34)cccc2[cH-]1.[Cl][Zr+2][Cl].c1ccc([Si]c2ccccc2)cc1. The molecule has 0 nitrogen and oxygen atoms in total. The largest absolute Gasteiger partial charge is 0.121 e. The summed E-state index contributed by atoms with van der Waals surface area (Å²) in [4.78, 5) is 0. The van der Waals surface area contributed by atoms with E-state index in [0.717, 1.165) is 22.4 Å². The van der Waals surface area contributed by atoms with Gasteiger partial charge in [0.05, 0.1) is 0 Å². The molecule has 12 rings (SSSR count). The van der Waals surface area contributed by atoms with Gasteiger partial charge in [0.1, 0.15) is 9.52 Å². The molecule has 12 aromatic rings. The van der Waals surface area contributed by atoms with E-state index in [9.17, 15) is 0 Å². The van der Waals surface area contributed by atoms with E-state index in [1.807, 2.05) is 0 Å². The van der Waals surface area contributed by atoms with E-state index in [1.54, 1.807) is 0 Å². The van der Waals surface area contributed by atoms with Crippen LogP contribution in [0.5, 0.6) is 0 Å². The Morgan fingerprint density at radius 3 is 1.03 bits per heavy atom. The van der Waals surface area contributed by atoms with Gasteiger partial charge >= 0.3 is 37.9 Å². The van der Waals surface area contributed by atoms with Crippen LogP contribution in [0.1, 0.15) is 37.8 Å². The zero-order valence-electron chi connectivity index (χ0n) is 38.5. The third-order valence-corrected chi connectivity index (χ3v) is 13.9. The maximum Gasteiger partial charge on any atom is 0.121 e. The van der Waals surface area contributed by atoms with Crippen LogP contribution in [-0.2, 0) is 33.7 Å². The van der Waals surface area contributed by atoms with Crippen molar-refractivity contribution in [2.75, 3.05) is 0 Å². The van der Waals surface area contributed by atoms with Gasteiger partial charge in [0.25, 0.3) is 0 Å². The Morgan fingerprint density at radius 1 is 0.368 bits per heavy atom. The fourth-order valence-corrected chi connectivity index (χ4v) is 10.8. The zero-order valence-corrected chi connectivity index (χ0v) is 43.5. The van der Waals surface area contributed by atoms with Crippen LogP contribution in [-0.4, -0.2) is 9.52 Å². The molecule has 12 aromatic carbocycles. The maximum atomic E-state index is 4.93. The first-order valence-corrected chi connectivity index (χ1v) is 30.9. The maximum absolute atomic E-state index is 4.93. The average Bonchev–Trinajstić information content (AvgIpc) is 4.00. The molecule has 330 valence electrons. The Kier molecular flexibility index (Phi) is 15.9. The Bertz CT molecular complexity index is 3230. The van der Waals surface area contributed by atoms with Crippen LogP contribution in [0.4, 0.5) is 0 Å². The van der Waals surface area contributed by atoms with Crippen molar-refractivity contribution in [3.8, 4) is 22.3 Å². The Labute approximate surface area is 422 Å². The molecular weight excluding hydrogens is 959 g/mol. The second-order valence-electron chi connectivity index (χ2n) is 17.2. The molecule has 4 heteroatoms. The summed E-state index contributed by atoms with van der Waals surface area (Å²) < 4.78 is 0. The molecule has 0 atom stereocenters. The molecule has 0 spiro atoms. The standard InChI is InChI=1S/2C26H21.C12H10Si.2ClH.Zr/c2*1-2-8-18-15-19-11-7-14-24(25(19)16-18)26-22-12-5-3-9-20(22)17-21-10-4-6-13-23(21)26;1-3-7-11(8-4-1)13-12-9-5-2-6-10-12;;;/h2*3-7,9-17H,2,8H2,1H3;1-10H;2*1H;/q2*-1;;;;+4/p-2. The molecule has 0 heterocycles. The van der Waals surface area contributed by atoms with Gasteiger partial charge in [-0.15, -0.1) is 69.1 Å². The quantitative estimate of drug-likeness (QED) is 0.0808. The van der Waals surface area contributed by atoms with Crippen molar-refractivity contribution in [1.29, 1.82) is 0 Å². The second-order valence-corrected chi connectivity index (χ2v) is 22.3. The van der Waals surface area contributed by atoms with Crippen LogP contribution >= 0.6 is 17.0 Å². The predicted octanol–water partition coefficient (Wildman–Crippen LogP) is 17.7. The smallest absolute Gasteiger partial charge is 0.0631 e. The molecule has 0 saturated heterocycles. The summed E-state index contributed by atoms with van der Waals surface area (Å²) in [5.74, 6) is 0. The molecule has 0 aliphatic carbocycles. The first kappa shape index (κ1) is 47.2. The summed E-state index contributed by atoms with van der Waals surface area (Å²) in [6, 6.07) is 83.7. The number of fused-ring (bicyclic) bond motifs is 6. The van der Waals surface area contributed by atoms with Gasteiger partial charge < -0.3 is 0 Å². The monoisotopic (exact) mass is 1010 g/mol. The number of halogens is 2. The van der Waals surface area contributed by atoms with E-state index in [1.165, 1.54) is 121 Å². The molecule has 0 fully saturated rings. The van der Waals surface area contributed by atoms with Gasteiger partial charge in [-0.05, 0) is 79.2 Å². The van der Waals surface area contributed by atoms with Crippen LogP contribution in [0.15, 0.2) is 231 Å². The van der Waals surface area contributed by atoms with Crippen molar-refractivity contribution < 1.29 is 20.8 Å². The molecular formula is C64H52Cl2SiZr. The summed E-state index contributed by atoms with van der Waals surface area (Å²) in [5.41, 5.74) is 8.30. The first-order chi connectivity index (χ1) is 33.6. The van der Waals surface area contributed by atoms with Crippen LogP contribution in [0.25, 0.3) is 86.9 Å². The molecule has 0 saturated carbocycles. The van der Waals surface area contributed by atoms with Gasteiger partial charge in [0.2, 0.25) is 0 Å². The summed E-state index contributed by atoms with van der Waals surface area (Å²) in [5, 5.41) is 18.8. The summed E-state index contributed by atoms with van der Waals surface area (Å²) in [7, 11) is 10.6. The molecule has 0 unspecified atom stereocenters. The number of rotatable bonds is 8. The molecule has 68 heavy (non-hydrogen) atoms. The Balaban J connectivity index is 0.000000130. The van der Waals surface area contributed by atoms with Crippen molar-refractivity contribution in [1.82, 2.24) is 0 Å². The van der Waals surface area contributed by atoms with Crippen LogP contribution in [0.3, 0.4) is 0 Å². The molecule has 0 aliphatic rings. The third kappa shape index (κ3) is 10.7. The van der Waals surface area contributed by atoms with Gasteiger partial charge in [0.15, 0.2) is 0 Å². The first-order valence-electron chi connectivity index (χ1n) is 23.6. The van der Waals surface area contributed by atoms with E-state index >= 15 is 0 Å². The topological polar surface area (TPSA) is 0 Å². The summed E-state index contributed by atoms with van der Waals surface area (Å²) in [6.45, 7) is 4.49. The van der Waals surface area contributed by atoms with Crippen molar-refractivity contribution in [2.45, 2.75) is 39.5 Å². The molecule has 0 N–H and O–H groups in total. The fourth-order valence-electron chi connectivity index (χ4n) is 9.71. The minimum atomic E-state index is -0.826. The molecule has 0 amide bonds. The van der Waals surface area contributed by atoms with E-state index in [4.69, 9.17) is 17.0 Å². The van der Waals surface area contributed by atoms with Gasteiger partial charge in [-0.25, -0.2) is 0 Å². The van der Waals surface area contributed by atoms with Crippen LogP contribution in [0, 0.1) is 0 Å². The molecule has 0 aromatic heterocycles. The van der Waals surface area contributed by atoms with Crippen LogP contribution < -0.4 is 10.4 Å². The van der Waals surface area contributed by atoms with Gasteiger partial charge in [-0.3, -0.25) is 0 Å². The fraction of sp³-hybridized carbons (Fsp3) is 0.0938. The number of hydrogen-bond acceptors (Lipinski definition) is 0. The van der Waals surface area contributed by atoms with Crippen LogP contribution in [0.2, 0.25) is 0 Å². The van der Waals surface area contributed by atoms with Crippen molar-refractivity contribution in [3.63, 3.8) is 0 Å². The summed E-state index contributed by atoms with van der Waals surface area (Å²) >= 11 is -0.826. The third-order valence-electron chi connectivity index (χ3n) is 12.6. The van der Waals surface area contributed by atoms with Gasteiger partial charge in [0, 0.05) is 0 Å². The molecule has 0 aliphatic heterocycles. The number of aryl methyl sites for hydroxylation is 2. The normalized spacial score (nSPS) is 10.9. The summed E-state index contributed by atoms with van der Waals surface area (Å²) in [6.07, 6.45) is 4.65. The van der Waals surface area contributed by atoms with E-state index in [0.29, 0.717) is 0 Å². The van der Waals surface area contributed by atoms with Gasteiger partial charge in [-0.1, -0.05) is 218 Å². The minimum Gasteiger partial charge on any atom is -0.0631 e. The van der Waals surface area contributed by atoms with E-state index in [-0.39, 0.29) is 0 Å². The van der Waals surface area contributed by atoms with E-state index in [2.05, 4.69) is 244 Å². The Hall–Kier alpha value is -5.86.